The largest absolute Gasteiger partial charge is 0.342 e. The molecule has 1 aromatic rings. The maximum atomic E-state index is 4.22. The molecule has 72 valence electrons. The summed E-state index contributed by atoms with van der Waals surface area (Å²) in [6.07, 6.45) is 5.70. The molecule has 0 saturated heterocycles. The van der Waals surface area contributed by atoms with Crippen LogP contribution in [0.25, 0.3) is 12.2 Å². The number of imidazole rings is 1. The predicted molar refractivity (Wildman–Crippen MR) is 59.5 cm³/mol. The molecule has 0 spiro atoms. The average Bonchev–Trinajstić information content (AvgIpc) is 2.50. The second-order valence-corrected chi connectivity index (χ2v) is 2.33. The molecule has 2 heteroatoms. The van der Waals surface area contributed by atoms with Crippen LogP contribution in [-0.2, 0) is 0 Å². The number of H-pyrrole nitrogens is 1. The zero-order valence-electron chi connectivity index (χ0n) is 8.89. The van der Waals surface area contributed by atoms with Crippen molar-refractivity contribution in [3.05, 3.63) is 29.9 Å². The quantitative estimate of drug-likeness (QED) is 0.738. The molecule has 0 saturated carbocycles. The first-order valence-corrected chi connectivity index (χ1v) is 4.59. The Balaban J connectivity index is 0.000000671. The van der Waals surface area contributed by atoms with Gasteiger partial charge in [0, 0.05) is 0 Å². The maximum Gasteiger partial charge on any atom is 0.104 e. The first-order valence-electron chi connectivity index (χ1n) is 4.59. The number of hydrogen-bond donors (Lipinski definition) is 1. The Bertz CT molecular complexity index is 282. The summed E-state index contributed by atoms with van der Waals surface area (Å²) in [6.45, 7) is 11.6. The molecule has 0 aliphatic rings. The van der Waals surface area contributed by atoms with Gasteiger partial charge in [-0.15, -0.1) is 0 Å². The zero-order chi connectivity index (χ0) is 10.3. The minimum absolute atomic E-state index is 0.917. The third-order valence-electron chi connectivity index (χ3n) is 1.41. The Morgan fingerprint density at radius 2 is 2.00 bits per heavy atom. The van der Waals surface area contributed by atoms with Crippen molar-refractivity contribution in [1.82, 2.24) is 9.97 Å². The van der Waals surface area contributed by atoms with Gasteiger partial charge in [-0.1, -0.05) is 26.5 Å². The molecular formula is C11H18N2. The fourth-order valence-electron chi connectivity index (χ4n) is 0.977. The summed E-state index contributed by atoms with van der Waals surface area (Å²) in [6, 6.07) is 0. The van der Waals surface area contributed by atoms with Crippen molar-refractivity contribution in [3.63, 3.8) is 0 Å². The summed E-state index contributed by atoms with van der Waals surface area (Å²) in [4.78, 5) is 7.35. The molecule has 1 N–H and O–H groups in total. The van der Waals surface area contributed by atoms with Crippen molar-refractivity contribution >= 4 is 12.2 Å². The molecule has 0 amide bonds. The molecule has 0 atom stereocenters. The molecule has 1 heterocycles. The van der Waals surface area contributed by atoms with Gasteiger partial charge in [0.25, 0.3) is 0 Å². The zero-order valence-corrected chi connectivity index (χ0v) is 8.89. The van der Waals surface area contributed by atoms with Gasteiger partial charge in [0.1, 0.15) is 5.82 Å². The molecule has 1 rings (SSSR count). The highest BCUT2D eigenvalue weighted by molar-refractivity contribution is 5.58. The fraction of sp³-hybridized carbons (Fsp3) is 0.364. The summed E-state index contributed by atoms with van der Waals surface area (Å²) >= 11 is 0. The van der Waals surface area contributed by atoms with E-state index in [9.17, 15) is 0 Å². The van der Waals surface area contributed by atoms with Gasteiger partial charge in [0.15, 0.2) is 0 Å². The second kappa shape index (κ2) is 6.23. The standard InChI is InChI=1S/C9H12N2.C2H6/c1-4-6-9-8(5-2)10-7(3)11-9;1-2/h4-6H,2H2,1,3H3,(H,10,11);1-2H3/b6-4-;. The number of nitrogens with zero attached hydrogens (tertiary/aromatic N) is 1. The van der Waals surface area contributed by atoms with Crippen molar-refractivity contribution in [1.29, 1.82) is 0 Å². The summed E-state index contributed by atoms with van der Waals surface area (Å²) in [5.41, 5.74) is 1.95. The highest BCUT2D eigenvalue weighted by Crippen LogP contribution is 2.08. The van der Waals surface area contributed by atoms with E-state index in [1.54, 1.807) is 6.08 Å². The molecule has 0 aromatic carbocycles. The molecule has 0 aliphatic carbocycles. The average molecular weight is 178 g/mol. The predicted octanol–water partition coefficient (Wildman–Crippen LogP) is 3.42. The lowest BCUT2D eigenvalue weighted by Crippen LogP contribution is -1.74. The van der Waals surface area contributed by atoms with Gasteiger partial charge in [-0.2, -0.15) is 0 Å². The summed E-state index contributed by atoms with van der Waals surface area (Å²) in [5, 5.41) is 0. The molecule has 0 aliphatic heterocycles. The maximum absolute atomic E-state index is 4.22. The van der Waals surface area contributed by atoms with Crippen LogP contribution in [-0.4, -0.2) is 9.97 Å². The first-order chi connectivity index (χ1) is 6.27. The highest BCUT2D eigenvalue weighted by atomic mass is 14.9. The topological polar surface area (TPSA) is 28.7 Å². The Morgan fingerprint density at radius 1 is 1.38 bits per heavy atom. The van der Waals surface area contributed by atoms with Crippen LogP contribution in [0.15, 0.2) is 12.7 Å². The summed E-state index contributed by atoms with van der Waals surface area (Å²) in [5.74, 6) is 0.924. The fourth-order valence-corrected chi connectivity index (χ4v) is 0.977. The number of hydrogen-bond acceptors (Lipinski definition) is 1. The number of aromatic nitrogens is 2. The molecule has 0 bridgehead atoms. The third-order valence-corrected chi connectivity index (χ3v) is 1.41. The van der Waals surface area contributed by atoms with E-state index in [0.717, 1.165) is 17.2 Å². The minimum Gasteiger partial charge on any atom is -0.342 e. The van der Waals surface area contributed by atoms with Gasteiger partial charge in [0.05, 0.1) is 11.4 Å². The van der Waals surface area contributed by atoms with E-state index in [1.807, 2.05) is 39.8 Å². The number of allylic oxidation sites excluding steroid dienone is 1. The van der Waals surface area contributed by atoms with Crippen LogP contribution < -0.4 is 0 Å². The SMILES string of the molecule is C=Cc1nc(C)[nH]c1/C=C\C.CC. The number of aryl methyl sites for hydroxylation is 1. The lowest BCUT2D eigenvalue weighted by atomic mass is 10.3. The third kappa shape index (κ3) is 3.28. The summed E-state index contributed by atoms with van der Waals surface area (Å²) in [7, 11) is 0. The van der Waals surface area contributed by atoms with Crippen molar-refractivity contribution in [2.24, 2.45) is 0 Å². The van der Waals surface area contributed by atoms with Crippen LogP contribution in [0, 0.1) is 6.92 Å². The van der Waals surface area contributed by atoms with Crippen molar-refractivity contribution < 1.29 is 0 Å². The van der Waals surface area contributed by atoms with E-state index in [4.69, 9.17) is 0 Å². The molecule has 0 radical (unpaired) electrons. The van der Waals surface area contributed by atoms with E-state index >= 15 is 0 Å². The lowest BCUT2D eigenvalue weighted by molar-refractivity contribution is 1.14. The van der Waals surface area contributed by atoms with Crippen LogP contribution in [0.3, 0.4) is 0 Å². The molecule has 0 fully saturated rings. The van der Waals surface area contributed by atoms with E-state index in [-0.39, 0.29) is 0 Å². The Kier molecular flexibility index (Phi) is 5.60. The van der Waals surface area contributed by atoms with E-state index in [1.165, 1.54) is 0 Å². The van der Waals surface area contributed by atoms with E-state index in [2.05, 4.69) is 16.5 Å². The van der Waals surface area contributed by atoms with Gasteiger partial charge in [-0.25, -0.2) is 4.98 Å². The number of rotatable bonds is 2. The van der Waals surface area contributed by atoms with Gasteiger partial charge in [-0.05, 0) is 26.0 Å². The second-order valence-electron chi connectivity index (χ2n) is 2.33. The molecule has 13 heavy (non-hydrogen) atoms. The Morgan fingerprint density at radius 3 is 2.46 bits per heavy atom. The van der Waals surface area contributed by atoms with E-state index < -0.39 is 0 Å². The van der Waals surface area contributed by atoms with Crippen molar-refractivity contribution in [2.45, 2.75) is 27.7 Å². The molecule has 2 nitrogen and oxygen atoms in total. The molecule has 1 aromatic heterocycles. The van der Waals surface area contributed by atoms with Crippen LogP contribution in [0.5, 0.6) is 0 Å². The van der Waals surface area contributed by atoms with Gasteiger partial charge >= 0.3 is 0 Å². The molecule has 0 unspecified atom stereocenters. The van der Waals surface area contributed by atoms with Gasteiger partial charge in [-0.3, -0.25) is 0 Å². The number of aromatic amines is 1. The molecular weight excluding hydrogens is 160 g/mol. The highest BCUT2D eigenvalue weighted by Gasteiger charge is 1.99. The number of nitrogens with one attached hydrogen (secondary N) is 1. The van der Waals surface area contributed by atoms with Gasteiger partial charge in [0.2, 0.25) is 0 Å². The monoisotopic (exact) mass is 178 g/mol. The van der Waals surface area contributed by atoms with E-state index in [0.29, 0.717) is 0 Å². The Hall–Kier alpha value is -1.31. The normalized spacial score (nSPS) is 9.54. The van der Waals surface area contributed by atoms with Crippen LogP contribution in [0.4, 0.5) is 0 Å². The minimum atomic E-state index is 0.917. The van der Waals surface area contributed by atoms with Crippen molar-refractivity contribution in [3.8, 4) is 0 Å². The van der Waals surface area contributed by atoms with Gasteiger partial charge < -0.3 is 4.98 Å². The first kappa shape index (κ1) is 11.7. The smallest absolute Gasteiger partial charge is 0.104 e. The van der Waals surface area contributed by atoms with Crippen LogP contribution in [0.1, 0.15) is 38.0 Å². The van der Waals surface area contributed by atoms with Crippen LogP contribution in [0.2, 0.25) is 0 Å². The Labute approximate surface area is 80.4 Å². The lowest BCUT2D eigenvalue weighted by Gasteiger charge is -1.85. The summed E-state index contributed by atoms with van der Waals surface area (Å²) < 4.78 is 0. The van der Waals surface area contributed by atoms with Crippen molar-refractivity contribution in [2.75, 3.05) is 0 Å². The van der Waals surface area contributed by atoms with Crippen LogP contribution >= 0.6 is 0 Å².